The number of ether oxygens (including phenoxy) is 2. The van der Waals surface area contributed by atoms with Crippen molar-refractivity contribution in [3.8, 4) is 0 Å². The van der Waals surface area contributed by atoms with E-state index in [0.29, 0.717) is 19.1 Å². The minimum absolute atomic E-state index is 0.0928. The van der Waals surface area contributed by atoms with Gasteiger partial charge in [-0.1, -0.05) is 6.42 Å². The van der Waals surface area contributed by atoms with Crippen LogP contribution in [-0.2, 0) is 9.47 Å². The Bertz CT molecular complexity index is 127. The molecule has 1 saturated carbocycles. The highest BCUT2D eigenvalue weighted by molar-refractivity contribution is 4.71. The highest BCUT2D eigenvalue weighted by Gasteiger charge is 2.19. The average molecular weight is 188 g/mol. The smallest absolute Gasteiger partial charge is 0.0700 e. The third kappa shape index (κ3) is 4.60. The summed E-state index contributed by atoms with van der Waals surface area (Å²) < 4.78 is 10.3. The fourth-order valence-electron chi connectivity index (χ4n) is 1.81. The van der Waals surface area contributed by atoms with Gasteiger partial charge in [0.1, 0.15) is 0 Å². The van der Waals surface area contributed by atoms with Crippen LogP contribution in [0.1, 0.15) is 25.7 Å². The molecule has 0 amide bonds. The van der Waals surface area contributed by atoms with Crippen molar-refractivity contribution < 1.29 is 14.6 Å². The van der Waals surface area contributed by atoms with E-state index < -0.39 is 0 Å². The van der Waals surface area contributed by atoms with Crippen molar-refractivity contribution in [2.75, 3.05) is 26.9 Å². The first-order chi connectivity index (χ1) is 6.33. The molecule has 0 aromatic heterocycles. The summed E-state index contributed by atoms with van der Waals surface area (Å²) in [6, 6.07) is 0. The molecule has 0 radical (unpaired) electrons. The third-order valence-electron chi connectivity index (χ3n) is 2.54. The molecule has 1 aliphatic rings. The predicted molar refractivity (Wildman–Crippen MR) is 50.7 cm³/mol. The van der Waals surface area contributed by atoms with Crippen molar-refractivity contribution >= 4 is 0 Å². The second-order valence-electron chi connectivity index (χ2n) is 3.75. The van der Waals surface area contributed by atoms with E-state index in [1.165, 1.54) is 6.42 Å². The monoisotopic (exact) mass is 188 g/mol. The van der Waals surface area contributed by atoms with E-state index in [-0.39, 0.29) is 6.10 Å². The Morgan fingerprint density at radius 3 is 2.85 bits per heavy atom. The highest BCUT2D eigenvalue weighted by Crippen LogP contribution is 2.24. The van der Waals surface area contributed by atoms with Crippen LogP contribution in [0.3, 0.4) is 0 Å². The van der Waals surface area contributed by atoms with Gasteiger partial charge >= 0.3 is 0 Å². The second-order valence-corrected chi connectivity index (χ2v) is 3.75. The zero-order valence-electron chi connectivity index (χ0n) is 8.37. The lowest BCUT2D eigenvalue weighted by atomic mass is 9.88. The predicted octanol–water partition coefficient (Wildman–Crippen LogP) is 1.20. The van der Waals surface area contributed by atoms with Crippen LogP contribution < -0.4 is 0 Å². The summed E-state index contributed by atoms with van der Waals surface area (Å²) in [6.45, 7) is 2.11. The van der Waals surface area contributed by atoms with E-state index in [9.17, 15) is 5.11 Å². The molecule has 1 rings (SSSR count). The number of aliphatic hydroxyl groups is 1. The number of hydrogen-bond donors (Lipinski definition) is 1. The summed E-state index contributed by atoms with van der Waals surface area (Å²) >= 11 is 0. The van der Waals surface area contributed by atoms with Crippen molar-refractivity contribution in [2.24, 2.45) is 5.92 Å². The van der Waals surface area contributed by atoms with E-state index in [1.54, 1.807) is 7.11 Å². The molecule has 1 N–H and O–H groups in total. The van der Waals surface area contributed by atoms with Gasteiger partial charge in [0.15, 0.2) is 0 Å². The minimum atomic E-state index is -0.0928. The molecule has 78 valence electrons. The van der Waals surface area contributed by atoms with Gasteiger partial charge in [0, 0.05) is 13.7 Å². The second kappa shape index (κ2) is 6.35. The number of methoxy groups -OCH3 is 1. The van der Waals surface area contributed by atoms with Crippen LogP contribution in [0.2, 0.25) is 0 Å². The maximum absolute atomic E-state index is 9.40. The molecule has 1 fully saturated rings. The lowest BCUT2D eigenvalue weighted by Crippen LogP contribution is -2.23. The van der Waals surface area contributed by atoms with Gasteiger partial charge in [-0.15, -0.1) is 0 Å². The minimum Gasteiger partial charge on any atom is -0.393 e. The highest BCUT2D eigenvalue weighted by atomic mass is 16.5. The fourth-order valence-corrected chi connectivity index (χ4v) is 1.81. The molecule has 0 spiro atoms. The van der Waals surface area contributed by atoms with Gasteiger partial charge in [-0.05, 0) is 25.2 Å². The van der Waals surface area contributed by atoms with Crippen LogP contribution in [-0.4, -0.2) is 38.1 Å². The van der Waals surface area contributed by atoms with E-state index >= 15 is 0 Å². The van der Waals surface area contributed by atoms with Crippen molar-refractivity contribution in [2.45, 2.75) is 31.8 Å². The van der Waals surface area contributed by atoms with E-state index in [2.05, 4.69) is 0 Å². The molecule has 1 aliphatic carbocycles. The molecule has 0 aromatic carbocycles. The average Bonchev–Trinajstić information content (AvgIpc) is 2.13. The quantitative estimate of drug-likeness (QED) is 0.659. The van der Waals surface area contributed by atoms with Crippen LogP contribution >= 0.6 is 0 Å². The van der Waals surface area contributed by atoms with Crippen LogP contribution in [0.25, 0.3) is 0 Å². The lowest BCUT2D eigenvalue weighted by molar-refractivity contribution is 0.0208. The Labute approximate surface area is 80.0 Å². The maximum atomic E-state index is 9.40. The summed E-state index contributed by atoms with van der Waals surface area (Å²) in [5, 5.41) is 9.40. The molecule has 2 atom stereocenters. The third-order valence-corrected chi connectivity index (χ3v) is 2.54. The van der Waals surface area contributed by atoms with Gasteiger partial charge in [0.2, 0.25) is 0 Å². The summed E-state index contributed by atoms with van der Waals surface area (Å²) in [5.74, 6) is 0.556. The van der Waals surface area contributed by atoms with Crippen LogP contribution in [0, 0.1) is 5.92 Å². The topological polar surface area (TPSA) is 38.7 Å². The van der Waals surface area contributed by atoms with Crippen molar-refractivity contribution in [3.63, 3.8) is 0 Å². The summed E-state index contributed by atoms with van der Waals surface area (Å²) in [5.41, 5.74) is 0. The maximum Gasteiger partial charge on any atom is 0.0700 e. The molecule has 0 saturated heterocycles. The van der Waals surface area contributed by atoms with Gasteiger partial charge in [0.25, 0.3) is 0 Å². The zero-order chi connectivity index (χ0) is 9.52. The molecule has 3 nitrogen and oxygen atoms in total. The van der Waals surface area contributed by atoms with E-state index in [1.807, 2.05) is 0 Å². The van der Waals surface area contributed by atoms with Crippen molar-refractivity contribution in [1.29, 1.82) is 0 Å². The summed E-state index contributed by atoms with van der Waals surface area (Å²) in [7, 11) is 1.67. The Hall–Kier alpha value is -0.120. The number of hydrogen-bond acceptors (Lipinski definition) is 3. The van der Waals surface area contributed by atoms with Gasteiger partial charge in [-0.2, -0.15) is 0 Å². The molecule has 0 aromatic rings. The number of rotatable bonds is 5. The molecular formula is C10H20O3. The standard InChI is InChI=1S/C10H20O3/c1-12-5-6-13-8-9-3-2-4-10(11)7-9/h9-11H,2-8H2,1H3. The normalized spacial score (nSPS) is 29.1. The first kappa shape index (κ1) is 11.0. The molecule has 2 unspecified atom stereocenters. The first-order valence-electron chi connectivity index (χ1n) is 5.07. The molecule has 0 aliphatic heterocycles. The molecule has 13 heavy (non-hydrogen) atoms. The van der Waals surface area contributed by atoms with Crippen LogP contribution in [0.5, 0.6) is 0 Å². The van der Waals surface area contributed by atoms with Gasteiger partial charge in [-0.25, -0.2) is 0 Å². The van der Waals surface area contributed by atoms with Gasteiger partial charge in [-0.3, -0.25) is 0 Å². The van der Waals surface area contributed by atoms with Crippen molar-refractivity contribution in [3.05, 3.63) is 0 Å². The Kier molecular flexibility index (Phi) is 5.35. The summed E-state index contributed by atoms with van der Waals surface area (Å²) in [6.07, 6.45) is 4.12. The van der Waals surface area contributed by atoms with Gasteiger partial charge in [0.05, 0.1) is 19.3 Å². The first-order valence-corrected chi connectivity index (χ1v) is 5.07. The molecule has 0 bridgehead atoms. The van der Waals surface area contributed by atoms with Crippen LogP contribution in [0.15, 0.2) is 0 Å². The SMILES string of the molecule is COCCOCC1CCCC(O)C1. The van der Waals surface area contributed by atoms with E-state index in [4.69, 9.17) is 9.47 Å². The molecule has 0 heterocycles. The van der Waals surface area contributed by atoms with Gasteiger partial charge < -0.3 is 14.6 Å². The molecular weight excluding hydrogens is 168 g/mol. The van der Waals surface area contributed by atoms with Crippen molar-refractivity contribution in [1.82, 2.24) is 0 Å². The summed E-state index contributed by atoms with van der Waals surface area (Å²) in [4.78, 5) is 0. The zero-order valence-corrected chi connectivity index (χ0v) is 8.37. The van der Waals surface area contributed by atoms with Crippen LogP contribution in [0.4, 0.5) is 0 Å². The largest absolute Gasteiger partial charge is 0.393 e. The Morgan fingerprint density at radius 1 is 1.31 bits per heavy atom. The number of aliphatic hydroxyl groups excluding tert-OH is 1. The fraction of sp³-hybridized carbons (Fsp3) is 1.00. The van der Waals surface area contributed by atoms with E-state index in [0.717, 1.165) is 25.9 Å². The molecule has 3 heteroatoms. The Morgan fingerprint density at radius 2 is 2.15 bits per heavy atom. The lowest BCUT2D eigenvalue weighted by Gasteiger charge is -2.25. The Balaban J connectivity index is 2.00.